The van der Waals surface area contributed by atoms with Crippen molar-refractivity contribution in [3.05, 3.63) is 0 Å². The molecule has 448 valence electrons. The topological polar surface area (TPSA) is 496 Å². The van der Waals surface area contributed by atoms with Gasteiger partial charge in [0.2, 0.25) is 53.2 Å². The first-order chi connectivity index (χ1) is 37.3. The van der Waals surface area contributed by atoms with E-state index in [9.17, 15) is 82.8 Å². The Balaban J connectivity index is 5.73. The van der Waals surface area contributed by atoms with Crippen LogP contribution in [0.1, 0.15) is 156 Å². The van der Waals surface area contributed by atoms with Crippen LogP contribution in [0.4, 0.5) is 0 Å². The first-order valence-electron chi connectivity index (χ1n) is 26.5. The van der Waals surface area contributed by atoms with Crippen molar-refractivity contribution in [1.82, 2.24) is 47.9 Å². The lowest BCUT2D eigenvalue weighted by atomic mass is 10.0. The molecule has 0 aliphatic carbocycles. The van der Waals surface area contributed by atoms with Gasteiger partial charge in [-0.05, 0) is 46.0 Å². The first kappa shape index (κ1) is 71.3. The third-order valence-electron chi connectivity index (χ3n) is 11.9. The highest BCUT2D eigenvalue weighted by molar-refractivity contribution is 5.98. The average molecular weight is 1130 g/mol. The fourth-order valence-electron chi connectivity index (χ4n) is 7.40. The summed E-state index contributed by atoms with van der Waals surface area (Å²) >= 11 is 0. The highest BCUT2D eigenvalue weighted by Gasteiger charge is 2.33. The third-order valence-corrected chi connectivity index (χ3v) is 11.9. The van der Waals surface area contributed by atoms with E-state index in [4.69, 9.17) is 16.6 Å². The molecule has 0 bridgehead atoms. The number of guanidine groups is 1. The number of nitrogens with two attached hydrogens (primary N) is 2. The highest BCUT2D eigenvalue weighted by Crippen LogP contribution is 2.13. The van der Waals surface area contributed by atoms with Crippen molar-refractivity contribution >= 4 is 83.0 Å². The second-order valence-electron chi connectivity index (χ2n) is 18.8. The number of aliphatic carboxylic acids is 4. The summed E-state index contributed by atoms with van der Waals surface area (Å²) in [6.45, 7) is 2.13. The molecule has 0 spiro atoms. The fourth-order valence-corrected chi connectivity index (χ4v) is 7.40. The number of carbonyl (C=O) groups excluding carboxylic acids is 9. The number of amides is 9. The summed E-state index contributed by atoms with van der Waals surface area (Å²) in [6, 6.07) is -11.5. The van der Waals surface area contributed by atoms with Crippen molar-refractivity contribution in [2.75, 3.05) is 26.2 Å². The number of rotatable bonds is 45. The van der Waals surface area contributed by atoms with Crippen LogP contribution in [0.2, 0.25) is 0 Å². The van der Waals surface area contributed by atoms with E-state index in [1.165, 1.54) is 65.2 Å². The number of aliphatic hydroxyl groups is 1. The van der Waals surface area contributed by atoms with Gasteiger partial charge in [0, 0.05) is 25.8 Å². The Hall–Kier alpha value is -7.66. The van der Waals surface area contributed by atoms with Crippen LogP contribution in [-0.4, -0.2) is 177 Å². The van der Waals surface area contributed by atoms with Gasteiger partial charge in [-0.1, -0.05) is 84.0 Å². The Morgan fingerprint density at radius 2 is 0.835 bits per heavy atom. The van der Waals surface area contributed by atoms with E-state index in [-0.39, 0.29) is 37.7 Å². The number of carbonyl (C=O) groups is 13. The quantitative estimate of drug-likeness (QED) is 0.0170. The second kappa shape index (κ2) is 41.4. The summed E-state index contributed by atoms with van der Waals surface area (Å²) in [4.78, 5) is 167. The summed E-state index contributed by atoms with van der Waals surface area (Å²) in [7, 11) is 0. The molecule has 0 aliphatic heterocycles. The number of nitrogens with zero attached hydrogens (tertiary/aromatic N) is 1. The summed E-state index contributed by atoms with van der Waals surface area (Å²) in [5, 5.41) is 66.5. The van der Waals surface area contributed by atoms with Crippen LogP contribution in [0.5, 0.6) is 0 Å². The van der Waals surface area contributed by atoms with E-state index < -0.39 is 165 Å². The lowest BCUT2D eigenvalue weighted by Gasteiger charge is -2.26. The average Bonchev–Trinajstić information content (AvgIpc) is 3.38. The Morgan fingerprint density at radius 1 is 0.418 bits per heavy atom. The maximum Gasteiger partial charge on any atom is 0.328 e. The van der Waals surface area contributed by atoms with Crippen LogP contribution in [-0.2, 0) is 62.3 Å². The fraction of sp³-hybridized carbons (Fsp3) is 0.714. The number of nitrogens with one attached hydrogen (secondary N) is 9. The number of carboxylic acids is 4. The number of aliphatic imine (C=N–C) groups is 1. The molecular formula is C49H84N12O18. The molecule has 0 radical (unpaired) electrons. The number of hydrogen-bond donors (Lipinski definition) is 16. The van der Waals surface area contributed by atoms with Gasteiger partial charge in [0.15, 0.2) is 5.96 Å². The minimum atomic E-state index is -1.89. The van der Waals surface area contributed by atoms with E-state index >= 15 is 0 Å². The molecule has 0 saturated carbocycles. The van der Waals surface area contributed by atoms with Gasteiger partial charge in [-0.15, -0.1) is 0 Å². The number of hydrogen-bond acceptors (Lipinski definition) is 15. The Kier molecular flexibility index (Phi) is 37.4. The first-order valence-corrected chi connectivity index (χ1v) is 26.5. The van der Waals surface area contributed by atoms with Gasteiger partial charge in [0.25, 0.3) is 0 Å². The zero-order valence-corrected chi connectivity index (χ0v) is 45.4. The van der Waals surface area contributed by atoms with Gasteiger partial charge in [0.1, 0.15) is 42.3 Å². The Labute approximate surface area is 458 Å². The predicted molar refractivity (Wildman–Crippen MR) is 282 cm³/mol. The Bertz CT molecular complexity index is 2060. The van der Waals surface area contributed by atoms with Crippen LogP contribution >= 0.6 is 0 Å². The zero-order chi connectivity index (χ0) is 59.9. The summed E-state index contributed by atoms with van der Waals surface area (Å²) in [5.41, 5.74) is 10.7. The van der Waals surface area contributed by atoms with Crippen molar-refractivity contribution in [3.63, 3.8) is 0 Å². The minimum Gasteiger partial charge on any atom is -0.481 e. The van der Waals surface area contributed by atoms with E-state index in [0.717, 1.165) is 25.7 Å². The molecule has 0 fully saturated rings. The molecule has 0 aliphatic rings. The van der Waals surface area contributed by atoms with Crippen molar-refractivity contribution in [1.29, 1.82) is 0 Å². The van der Waals surface area contributed by atoms with Crippen LogP contribution < -0.4 is 59.3 Å². The molecule has 0 saturated heterocycles. The van der Waals surface area contributed by atoms with Crippen LogP contribution in [0.15, 0.2) is 4.99 Å². The van der Waals surface area contributed by atoms with E-state index in [2.05, 4.69) is 49.1 Å². The minimum absolute atomic E-state index is 0.0218. The van der Waals surface area contributed by atoms with Crippen molar-refractivity contribution in [3.8, 4) is 0 Å². The maximum atomic E-state index is 13.8. The largest absolute Gasteiger partial charge is 0.481 e. The molecule has 18 N–H and O–H groups in total. The predicted octanol–water partition coefficient (Wildman–Crippen LogP) is -2.53. The molecule has 0 aromatic carbocycles. The molecule has 30 heteroatoms. The molecule has 0 unspecified atom stereocenters. The van der Waals surface area contributed by atoms with Gasteiger partial charge < -0.3 is 84.9 Å². The lowest BCUT2D eigenvalue weighted by molar-refractivity contribution is -0.144. The molecule has 7 atom stereocenters. The van der Waals surface area contributed by atoms with Gasteiger partial charge in [0.05, 0.1) is 26.1 Å². The zero-order valence-electron chi connectivity index (χ0n) is 45.4. The summed E-state index contributed by atoms with van der Waals surface area (Å²) in [5.74, 6) is -15.4. The Morgan fingerprint density at radius 3 is 1.30 bits per heavy atom. The van der Waals surface area contributed by atoms with Crippen molar-refractivity contribution < 1.29 is 87.9 Å². The highest BCUT2D eigenvalue weighted by atomic mass is 16.4. The second-order valence-corrected chi connectivity index (χ2v) is 18.8. The monoisotopic (exact) mass is 1130 g/mol. The molecule has 30 nitrogen and oxygen atoms in total. The summed E-state index contributed by atoms with van der Waals surface area (Å²) < 4.78 is 0. The molecular weight excluding hydrogens is 1040 g/mol. The van der Waals surface area contributed by atoms with Crippen LogP contribution in [0.25, 0.3) is 0 Å². The molecule has 79 heavy (non-hydrogen) atoms. The molecule has 0 aromatic heterocycles. The van der Waals surface area contributed by atoms with Crippen LogP contribution in [0, 0.1) is 0 Å². The van der Waals surface area contributed by atoms with E-state index in [0.29, 0.717) is 6.42 Å². The van der Waals surface area contributed by atoms with Gasteiger partial charge in [-0.2, -0.15) is 0 Å². The number of unbranched alkanes of at least 4 members (excludes halogenated alkanes) is 12. The molecule has 9 amide bonds. The van der Waals surface area contributed by atoms with E-state index in [1.807, 2.05) is 10.6 Å². The van der Waals surface area contributed by atoms with E-state index in [1.54, 1.807) is 0 Å². The van der Waals surface area contributed by atoms with Crippen LogP contribution in [0.3, 0.4) is 0 Å². The summed E-state index contributed by atoms with van der Waals surface area (Å²) in [6.07, 6.45) is 11.1. The molecule has 0 heterocycles. The maximum absolute atomic E-state index is 13.8. The van der Waals surface area contributed by atoms with Gasteiger partial charge in [-0.3, -0.25) is 62.5 Å². The third kappa shape index (κ3) is 35.4. The normalized spacial score (nSPS) is 13.4. The SMILES string of the molecule is CCCCCCCCCCCCCCCC(=O)NCC(=O)N[C@@H](C)C(=O)N[C@@H](C)C(=O)N[C@@H](CCC(=O)O)C(=O)N[C@@H](CCC(=O)O)C(=O)N[C@@H](CCCN=C(N)N)C(=O)NCC(=O)N[C@@H](CC(=O)O)C(=O)N[C@@H](CO)C(=O)O. The molecule has 0 rings (SSSR count). The standard InChI is InChI=1S/C49H84N12O18/c1-4-5-6-7-8-9-10-11-12-13-14-15-16-19-36(63)53-26-37(64)55-29(2)42(72)56-30(3)43(73)58-32(20-22-39(66)67)45(75)60-33(21-23-40(68)69)46(76)59-31(18-17-24-52-49(50)51)44(74)54-27-38(65)57-34(25-41(70)71)47(77)61-35(28-62)48(78)79/h29-35,62H,4-28H2,1-3H3,(H,53,63)(H,54,74)(H,55,64)(H,56,72)(H,57,65)(H,58,73)(H,59,76)(H,60,75)(H,61,77)(H,66,67)(H,68,69)(H,70,71)(H,78,79)(H4,50,51,52)/t29-,30-,31-,32-,33-,34-,35-/m0/s1. The van der Waals surface area contributed by atoms with Gasteiger partial charge in [-0.25, -0.2) is 4.79 Å². The number of aliphatic hydroxyl groups excluding tert-OH is 1. The number of carboxylic acid groups (broad SMARTS) is 4. The smallest absolute Gasteiger partial charge is 0.328 e. The van der Waals surface area contributed by atoms with Crippen molar-refractivity contribution in [2.45, 2.75) is 198 Å². The lowest BCUT2D eigenvalue weighted by Crippen LogP contribution is -2.59. The molecule has 0 aromatic rings. The van der Waals surface area contributed by atoms with Gasteiger partial charge >= 0.3 is 23.9 Å². The van der Waals surface area contributed by atoms with Crippen molar-refractivity contribution in [2.24, 2.45) is 16.5 Å².